The van der Waals surface area contributed by atoms with Crippen molar-refractivity contribution in [1.29, 1.82) is 0 Å². The molecule has 24 heavy (non-hydrogen) atoms. The van der Waals surface area contributed by atoms with E-state index in [9.17, 15) is 17.6 Å². The average Bonchev–Trinajstić information content (AvgIpc) is 2.46. The summed E-state index contributed by atoms with van der Waals surface area (Å²) in [6.07, 6.45) is -4.11. The number of hydrogen-bond acceptors (Lipinski definition) is 3. The molecule has 1 fully saturated rings. The lowest BCUT2D eigenvalue weighted by atomic mass is 9.94. The number of rotatable bonds is 5. The van der Waals surface area contributed by atoms with Gasteiger partial charge in [-0.05, 0) is 30.5 Å². The van der Waals surface area contributed by atoms with Crippen molar-refractivity contribution in [2.75, 3.05) is 26.2 Å². The first-order valence-corrected chi connectivity index (χ1v) is 7.76. The molecule has 0 saturated carbocycles. The third kappa shape index (κ3) is 6.11. The third-order valence-electron chi connectivity index (χ3n) is 3.85. The normalized spacial score (nSPS) is 17.5. The zero-order valence-electron chi connectivity index (χ0n) is 13.7. The first-order valence-electron chi connectivity index (χ1n) is 7.76. The zero-order chi connectivity index (χ0) is 17.0. The van der Waals surface area contributed by atoms with Gasteiger partial charge in [-0.25, -0.2) is 4.39 Å². The number of halogens is 5. The molecular formula is C16H23ClF4N2O. The monoisotopic (exact) mass is 370 g/mol. The molecule has 1 N–H and O–H groups in total. The lowest BCUT2D eigenvalue weighted by Gasteiger charge is -2.36. The molecule has 0 bridgehead atoms. The van der Waals surface area contributed by atoms with Gasteiger partial charge in [-0.3, -0.25) is 4.90 Å². The summed E-state index contributed by atoms with van der Waals surface area (Å²) < 4.78 is 55.4. The molecule has 1 heterocycles. The summed E-state index contributed by atoms with van der Waals surface area (Å²) in [6.45, 7) is 7.08. The van der Waals surface area contributed by atoms with E-state index in [0.717, 1.165) is 38.3 Å². The Kier molecular flexibility index (Phi) is 7.76. The summed E-state index contributed by atoms with van der Waals surface area (Å²) in [4.78, 5) is 2.12. The Hall–Kier alpha value is -1.05. The fourth-order valence-corrected chi connectivity index (χ4v) is 2.89. The summed E-state index contributed by atoms with van der Waals surface area (Å²) in [7, 11) is 0. The number of hydrogen-bond donors (Lipinski definition) is 1. The van der Waals surface area contributed by atoms with E-state index in [0.29, 0.717) is 12.3 Å². The van der Waals surface area contributed by atoms with Crippen LogP contribution in [0.2, 0.25) is 0 Å². The maximum atomic E-state index is 14.3. The first-order chi connectivity index (χ1) is 10.8. The molecule has 1 saturated heterocycles. The van der Waals surface area contributed by atoms with Crippen LogP contribution in [0.4, 0.5) is 17.6 Å². The molecule has 3 nitrogen and oxygen atoms in total. The highest BCUT2D eigenvalue weighted by molar-refractivity contribution is 5.85. The minimum absolute atomic E-state index is 0. The van der Waals surface area contributed by atoms with Crippen molar-refractivity contribution in [1.82, 2.24) is 10.2 Å². The number of piperazine rings is 1. The Bertz CT molecular complexity index is 519. The smallest absolute Gasteiger partial charge is 0.406 e. The van der Waals surface area contributed by atoms with Gasteiger partial charge >= 0.3 is 6.36 Å². The maximum absolute atomic E-state index is 14.3. The predicted molar refractivity (Wildman–Crippen MR) is 87.0 cm³/mol. The molecule has 1 atom stereocenters. The number of nitrogens with one attached hydrogen (secondary N) is 1. The number of ether oxygens (including phenoxy) is 1. The van der Waals surface area contributed by atoms with Crippen LogP contribution in [0.25, 0.3) is 0 Å². The van der Waals surface area contributed by atoms with E-state index in [-0.39, 0.29) is 29.8 Å². The van der Waals surface area contributed by atoms with Crippen LogP contribution in [0.5, 0.6) is 5.75 Å². The van der Waals surface area contributed by atoms with Crippen molar-refractivity contribution in [2.24, 2.45) is 5.92 Å². The Morgan fingerprint density at radius 1 is 1.21 bits per heavy atom. The largest absolute Gasteiger partial charge is 0.573 e. The maximum Gasteiger partial charge on any atom is 0.573 e. The summed E-state index contributed by atoms with van der Waals surface area (Å²) in [5, 5.41) is 3.22. The van der Waals surface area contributed by atoms with Gasteiger partial charge in [-0.15, -0.1) is 25.6 Å². The van der Waals surface area contributed by atoms with Crippen LogP contribution in [0.3, 0.4) is 0 Å². The Morgan fingerprint density at radius 2 is 1.83 bits per heavy atom. The summed E-state index contributed by atoms with van der Waals surface area (Å²) in [6, 6.07) is 2.98. The second-order valence-corrected chi connectivity index (χ2v) is 6.16. The van der Waals surface area contributed by atoms with E-state index >= 15 is 0 Å². The van der Waals surface area contributed by atoms with E-state index in [1.807, 2.05) is 13.8 Å². The molecule has 1 aromatic rings. The zero-order valence-corrected chi connectivity index (χ0v) is 14.5. The van der Waals surface area contributed by atoms with Gasteiger partial charge in [0.2, 0.25) is 0 Å². The Balaban J connectivity index is 0.00000288. The Morgan fingerprint density at radius 3 is 2.38 bits per heavy atom. The number of nitrogens with zero attached hydrogens (tertiary/aromatic N) is 1. The van der Waals surface area contributed by atoms with E-state index in [4.69, 9.17) is 0 Å². The minimum Gasteiger partial charge on any atom is -0.406 e. The fourth-order valence-electron chi connectivity index (χ4n) is 2.89. The van der Waals surface area contributed by atoms with Crippen molar-refractivity contribution in [3.05, 3.63) is 29.6 Å². The van der Waals surface area contributed by atoms with Crippen LogP contribution < -0.4 is 10.1 Å². The van der Waals surface area contributed by atoms with Crippen molar-refractivity contribution in [3.8, 4) is 5.75 Å². The van der Waals surface area contributed by atoms with Gasteiger partial charge in [0.1, 0.15) is 11.6 Å². The van der Waals surface area contributed by atoms with Crippen LogP contribution in [0.15, 0.2) is 18.2 Å². The van der Waals surface area contributed by atoms with Crippen LogP contribution in [0.1, 0.15) is 31.9 Å². The van der Waals surface area contributed by atoms with Crippen molar-refractivity contribution < 1.29 is 22.3 Å². The molecule has 138 valence electrons. The standard InChI is InChI=1S/C16H22F4N2O.ClH/c1-11(2)9-15(22-7-5-21-6-8-22)13-10-12(3-4-14(13)17)23-16(18,19)20;/h3-4,10-11,15,21H,5-9H2,1-2H3;1H/t15-;/m0./s1. The lowest BCUT2D eigenvalue weighted by Crippen LogP contribution is -2.45. The topological polar surface area (TPSA) is 24.5 Å². The quantitative estimate of drug-likeness (QED) is 0.788. The van der Waals surface area contributed by atoms with Crippen LogP contribution >= 0.6 is 12.4 Å². The SMILES string of the molecule is CC(C)C[C@@H](c1cc(OC(F)(F)F)ccc1F)N1CCNCC1.Cl. The summed E-state index contributed by atoms with van der Waals surface area (Å²) in [5.41, 5.74) is 0.266. The van der Waals surface area contributed by atoms with Crippen molar-refractivity contribution in [3.63, 3.8) is 0 Å². The third-order valence-corrected chi connectivity index (χ3v) is 3.85. The highest BCUT2D eigenvalue weighted by Gasteiger charge is 2.32. The van der Waals surface area contributed by atoms with Gasteiger partial charge in [0.05, 0.1) is 0 Å². The number of alkyl halides is 3. The van der Waals surface area contributed by atoms with E-state index in [1.165, 1.54) is 6.07 Å². The summed E-state index contributed by atoms with van der Waals surface area (Å²) >= 11 is 0. The highest BCUT2D eigenvalue weighted by Crippen LogP contribution is 2.33. The molecule has 8 heteroatoms. The van der Waals surface area contributed by atoms with Gasteiger partial charge in [0, 0.05) is 37.8 Å². The highest BCUT2D eigenvalue weighted by atomic mass is 35.5. The van der Waals surface area contributed by atoms with Gasteiger partial charge in [-0.1, -0.05) is 13.8 Å². The van der Waals surface area contributed by atoms with Crippen molar-refractivity contribution >= 4 is 12.4 Å². The molecule has 0 aromatic heterocycles. The van der Waals surface area contributed by atoms with Crippen LogP contribution in [-0.2, 0) is 0 Å². The van der Waals surface area contributed by atoms with E-state index < -0.39 is 12.2 Å². The molecule has 0 amide bonds. The van der Waals surface area contributed by atoms with Gasteiger partial charge < -0.3 is 10.1 Å². The van der Waals surface area contributed by atoms with Gasteiger partial charge in [0.15, 0.2) is 0 Å². The minimum atomic E-state index is -4.78. The van der Waals surface area contributed by atoms with E-state index in [2.05, 4.69) is 15.0 Å². The molecule has 1 aliphatic rings. The van der Waals surface area contributed by atoms with Crippen molar-refractivity contribution in [2.45, 2.75) is 32.7 Å². The summed E-state index contributed by atoms with van der Waals surface area (Å²) in [5.74, 6) is -0.581. The molecule has 0 unspecified atom stereocenters. The molecule has 0 radical (unpaired) electrons. The average molecular weight is 371 g/mol. The number of benzene rings is 1. The Labute approximate surface area is 145 Å². The predicted octanol–water partition coefficient (Wildman–Crippen LogP) is 4.14. The lowest BCUT2D eigenvalue weighted by molar-refractivity contribution is -0.274. The molecule has 1 aliphatic heterocycles. The fraction of sp³-hybridized carbons (Fsp3) is 0.625. The van der Waals surface area contributed by atoms with E-state index in [1.54, 1.807) is 0 Å². The van der Waals surface area contributed by atoms with Crippen LogP contribution in [-0.4, -0.2) is 37.4 Å². The first kappa shape index (κ1) is 21.0. The molecule has 0 aliphatic carbocycles. The second-order valence-electron chi connectivity index (χ2n) is 6.16. The van der Waals surface area contributed by atoms with Crippen LogP contribution in [0, 0.1) is 11.7 Å². The second kappa shape index (κ2) is 8.87. The molecule has 2 rings (SSSR count). The molecule has 1 aromatic carbocycles. The van der Waals surface area contributed by atoms with Gasteiger partial charge in [-0.2, -0.15) is 0 Å². The molecule has 0 spiro atoms. The molecular weight excluding hydrogens is 348 g/mol. The van der Waals surface area contributed by atoms with Gasteiger partial charge in [0.25, 0.3) is 0 Å².